The summed E-state index contributed by atoms with van der Waals surface area (Å²) in [4.78, 5) is 21.9. The summed E-state index contributed by atoms with van der Waals surface area (Å²) in [7, 11) is 0. The number of nitrogens with two attached hydrogens (primary N) is 2. The zero-order chi connectivity index (χ0) is 26.4. The van der Waals surface area contributed by atoms with Crippen molar-refractivity contribution in [2.45, 2.75) is 40.1 Å². The Morgan fingerprint density at radius 3 is 2.65 bits per heavy atom. The molecule has 0 bridgehead atoms. The Kier molecular flexibility index (Phi) is 8.15. The Hall–Kier alpha value is -4.24. The van der Waals surface area contributed by atoms with E-state index in [9.17, 15) is 4.79 Å². The Balaban J connectivity index is 1.56. The number of ether oxygens (including phenoxy) is 2. The predicted molar refractivity (Wildman–Crippen MR) is 144 cm³/mol. The summed E-state index contributed by atoms with van der Waals surface area (Å²) in [5.74, 6) is 2.00. The zero-order valence-electron chi connectivity index (χ0n) is 21.3. The number of benzene rings is 2. The summed E-state index contributed by atoms with van der Waals surface area (Å²) in [5.41, 5.74) is 10.7. The van der Waals surface area contributed by atoms with Gasteiger partial charge in [0.05, 0.1) is 24.5 Å². The van der Waals surface area contributed by atoms with Gasteiger partial charge in [-0.15, -0.1) is 0 Å². The van der Waals surface area contributed by atoms with E-state index in [4.69, 9.17) is 30.6 Å². The van der Waals surface area contributed by atoms with Gasteiger partial charge in [0.25, 0.3) is 5.91 Å². The van der Waals surface area contributed by atoms with Gasteiger partial charge in [-0.2, -0.15) is 0 Å². The highest BCUT2D eigenvalue weighted by molar-refractivity contribution is 6.06. The number of nitrogens with one attached hydrogen (secondary N) is 2. The number of allylic oxidation sites excluding steroid dienone is 1. The molecule has 6 N–H and O–H groups in total. The van der Waals surface area contributed by atoms with Crippen molar-refractivity contribution in [2.24, 2.45) is 11.7 Å². The highest BCUT2D eigenvalue weighted by Crippen LogP contribution is 2.31. The van der Waals surface area contributed by atoms with Crippen LogP contribution in [0.15, 0.2) is 54.7 Å². The highest BCUT2D eigenvalue weighted by Gasteiger charge is 2.21. The minimum absolute atomic E-state index is 0.152. The van der Waals surface area contributed by atoms with E-state index >= 15 is 0 Å². The van der Waals surface area contributed by atoms with Crippen molar-refractivity contribution in [3.63, 3.8) is 0 Å². The van der Waals surface area contributed by atoms with E-state index in [0.29, 0.717) is 43.1 Å². The van der Waals surface area contributed by atoms with E-state index in [-0.39, 0.29) is 5.91 Å². The third-order valence-corrected chi connectivity index (χ3v) is 5.88. The average Bonchev–Trinajstić information content (AvgIpc) is 3.38. The van der Waals surface area contributed by atoms with Crippen LogP contribution in [0.1, 0.15) is 37.6 Å². The van der Waals surface area contributed by atoms with Crippen LogP contribution >= 0.6 is 0 Å². The Bertz CT molecular complexity index is 1300. The fourth-order valence-corrected chi connectivity index (χ4v) is 3.83. The van der Waals surface area contributed by atoms with Crippen LogP contribution in [0, 0.1) is 5.92 Å². The first-order valence-electron chi connectivity index (χ1n) is 12.2. The number of anilines is 2. The molecule has 0 saturated heterocycles. The second kappa shape index (κ2) is 11.7. The van der Waals surface area contributed by atoms with Crippen molar-refractivity contribution in [2.75, 3.05) is 11.9 Å². The molecule has 9 nitrogen and oxygen atoms in total. The second-order valence-corrected chi connectivity index (χ2v) is 9.23. The molecule has 1 unspecified atom stereocenters. The van der Waals surface area contributed by atoms with Crippen LogP contribution in [0.4, 0.5) is 11.5 Å². The molecule has 0 radical (unpaired) electrons. The van der Waals surface area contributed by atoms with Crippen LogP contribution in [-0.2, 0) is 22.7 Å². The third-order valence-electron chi connectivity index (χ3n) is 5.88. The van der Waals surface area contributed by atoms with Crippen LogP contribution in [0.25, 0.3) is 17.0 Å². The molecule has 0 aliphatic carbocycles. The maximum Gasteiger partial charge on any atom is 0.260 e. The molecule has 1 aliphatic heterocycles. The lowest BCUT2D eigenvalue weighted by Gasteiger charge is -2.16. The van der Waals surface area contributed by atoms with E-state index < -0.39 is 6.10 Å². The molecule has 2 aromatic carbocycles. The first kappa shape index (κ1) is 25.8. The average molecular weight is 502 g/mol. The van der Waals surface area contributed by atoms with Crippen LogP contribution in [0.5, 0.6) is 5.75 Å². The van der Waals surface area contributed by atoms with Crippen molar-refractivity contribution in [1.29, 1.82) is 0 Å². The van der Waals surface area contributed by atoms with Crippen molar-refractivity contribution in [3.8, 4) is 17.1 Å². The van der Waals surface area contributed by atoms with Gasteiger partial charge in [0.15, 0.2) is 18.1 Å². The Labute approximate surface area is 216 Å². The number of aromatic nitrogens is 2. The number of fused-ring (bicyclic) bond motifs is 1. The van der Waals surface area contributed by atoms with E-state index in [1.54, 1.807) is 6.92 Å². The number of carbonyl (C=O) groups excluding carboxylic acids is 1. The number of hydrogen-bond donors (Lipinski definition) is 4. The molecule has 37 heavy (non-hydrogen) atoms. The molecule has 9 heteroatoms. The molecule has 3 aromatic rings. The number of carbonyl (C=O) groups is 1. The molecule has 1 aromatic heterocycles. The standard InChI is InChI=1S/C28H32N6O3/c1-17(2)14-31-28(35)18(3)37-23-6-4-5-20(11-23)26-33-25-16-36-15-24(25)27(34-26)32-22-9-7-19(8-10-22)21(12-29)13-30/h4-13,17-18,29H,14-16,30H2,1-3H3,(H,31,35)(H,32,33,34)/p+1/b21-13+,29-12?. The van der Waals surface area contributed by atoms with E-state index in [2.05, 4.69) is 10.6 Å². The molecular weight excluding hydrogens is 468 g/mol. The van der Waals surface area contributed by atoms with Gasteiger partial charge in [-0.05, 0) is 42.7 Å². The number of nitrogens with zero attached hydrogens (tertiary/aromatic N) is 2. The van der Waals surface area contributed by atoms with Crippen molar-refractivity contribution in [3.05, 3.63) is 71.6 Å². The molecule has 1 aliphatic rings. The van der Waals surface area contributed by atoms with Crippen LogP contribution in [-0.4, -0.2) is 34.7 Å². The first-order chi connectivity index (χ1) is 17.9. The van der Waals surface area contributed by atoms with Crippen molar-refractivity contribution >= 4 is 29.2 Å². The van der Waals surface area contributed by atoms with Gasteiger partial charge in [-0.25, -0.2) is 9.97 Å². The maximum atomic E-state index is 12.3. The number of hydrogen-bond acceptors (Lipinski definition) is 7. The number of amides is 1. The monoisotopic (exact) mass is 501 g/mol. The normalized spacial score (nSPS) is 13.7. The quantitative estimate of drug-likeness (QED) is 0.313. The van der Waals surface area contributed by atoms with Gasteiger partial charge in [0.2, 0.25) is 0 Å². The Morgan fingerprint density at radius 1 is 1.16 bits per heavy atom. The Morgan fingerprint density at radius 2 is 1.95 bits per heavy atom. The summed E-state index contributed by atoms with van der Waals surface area (Å²) in [5, 5.41) is 11.9. The third kappa shape index (κ3) is 6.31. The molecule has 0 saturated carbocycles. The molecule has 1 amide bonds. The first-order valence-corrected chi connectivity index (χ1v) is 12.2. The zero-order valence-corrected chi connectivity index (χ0v) is 21.3. The van der Waals surface area contributed by atoms with Gasteiger partial charge < -0.3 is 25.8 Å². The van der Waals surface area contributed by atoms with Gasteiger partial charge >= 0.3 is 0 Å². The second-order valence-electron chi connectivity index (χ2n) is 9.23. The largest absolute Gasteiger partial charge is 0.481 e. The van der Waals surface area contributed by atoms with Gasteiger partial charge in [0.1, 0.15) is 11.6 Å². The fourth-order valence-electron chi connectivity index (χ4n) is 3.83. The minimum Gasteiger partial charge on any atom is -0.481 e. The fraction of sp³-hybridized carbons (Fsp3) is 0.286. The molecule has 192 valence electrons. The minimum atomic E-state index is -0.630. The molecule has 2 heterocycles. The van der Waals surface area contributed by atoms with E-state index in [0.717, 1.165) is 33.6 Å². The SMILES string of the molecule is CC(C)CNC(=O)C(C)Oc1cccc(-c2nc3c(c(Nc4ccc(/C(C=[NH2+])=C/N)cc4)n2)COC3)c1. The molecule has 0 spiro atoms. The molecule has 4 rings (SSSR count). The summed E-state index contributed by atoms with van der Waals surface area (Å²) in [6, 6.07) is 15.2. The van der Waals surface area contributed by atoms with Gasteiger partial charge in [0, 0.05) is 29.6 Å². The topological polar surface area (TPSA) is 137 Å². The summed E-state index contributed by atoms with van der Waals surface area (Å²) < 4.78 is 11.6. The van der Waals surface area contributed by atoms with Crippen molar-refractivity contribution in [1.82, 2.24) is 15.3 Å². The van der Waals surface area contributed by atoms with Gasteiger partial charge in [-0.3, -0.25) is 10.2 Å². The summed E-state index contributed by atoms with van der Waals surface area (Å²) >= 11 is 0. The van der Waals surface area contributed by atoms with E-state index in [1.165, 1.54) is 12.4 Å². The van der Waals surface area contributed by atoms with Crippen LogP contribution in [0.3, 0.4) is 0 Å². The summed E-state index contributed by atoms with van der Waals surface area (Å²) in [6.07, 6.45) is 2.31. The lowest BCUT2D eigenvalue weighted by Crippen LogP contribution is -2.38. The lowest BCUT2D eigenvalue weighted by atomic mass is 10.1. The summed E-state index contributed by atoms with van der Waals surface area (Å²) in [6.45, 7) is 7.28. The molecular formula is C28H33N6O3+. The van der Waals surface area contributed by atoms with Gasteiger partial charge in [-0.1, -0.05) is 38.1 Å². The predicted octanol–water partition coefficient (Wildman–Crippen LogP) is 2.59. The van der Waals surface area contributed by atoms with Crippen LogP contribution in [0.2, 0.25) is 0 Å². The van der Waals surface area contributed by atoms with Crippen molar-refractivity contribution < 1.29 is 19.7 Å². The molecule has 1 atom stereocenters. The van der Waals surface area contributed by atoms with E-state index in [1.807, 2.05) is 62.4 Å². The maximum absolute atomic E-state index is 12.3. The van der Waals surface area contributed by atoms with Crippen LogP contribution < -0.4 is 26.5 Å². The lowest BCUT2D eigenvalue weighted by molar-refractivity contribution is -0.127. The molecule has 0 fully saturated rings. The smallest absolute Gasteiger partial charge is 0.260 e. The number of rotatable bonds is 10. The highest BCUT2D eigenvalue weighted by atomic mass is 16.5.